The van der Waals surface area contributed by atoms with E-state index >= 15 is 0 Å². The van der Waals surface area contributed by atoms with Gasteiger partial charge in [0, 0.05) is 0 Å². The summed E-state index contributed by atoms with van der Waals surface area (Å²) in [5.41, 5.74) is 2.00. The summed E-state index contributed by atoms with van der Waals surface area (Å²) in [5, 5.41) is 4.27. The minimum absolute atomic E-state index is 0.0329. The van der Waals surface area contributed by atoms with E-state index in [2.05, 4.69) is 9.82 Å². The first kappa shape index (κ1) is 18.1. The van der Waals surface area contributed by atoms with Crippen molar-refractivity contribution < 1.29 is 17.2 Å². The molecule has 26 heavy (non-hydrogen) atoms. The molecule has 0 radical (unpaired) electrons. The maximum absolute atomic E-state index is 13.2. The molecule has 0 bridgehead atoms. The largest absolute Gasteiger partial charge is 0.279 e. The van der Waals surface area contributed by atoms with Crippen LogP contribution in [-0.4, -0.2) is 18.2 Å². The molecule has 0 aliphatic rings. The highest BCUT2D eigenvalue weighted by atomic mass is 32.2. The molecule has 0 aliphatic carbocycles. The summed E-state index contributed by atoms with van der Waals surface area (Å²) in [6.07, 6.45) is 0. The van der Waals surface area contributed by atoms with Crippen LogP contribution in [0.5, 0.6) is 0 Å². The Kier molecular flexibility index (Phi) is 4.53. The Morgan fingerprint density at radius 3 is 2.19 bits per heavy atom. The molecule has 0 spiro atoms. The van der Waals surface area contributed by atoms with Crippen LogP contribution in [0.25, 0.3) is 5.69 Å². The fourth-order valence-corrected chi connectivity index (χ4v) is 4.31. The maximum Gasteiger partial charge on any atom is 0.265 e. The van der Waals surface area contributed by atoms with Crippen molar-refractivity contribution in [2.24, 2.45) is 0 Å². The molecule has 136 valence electrons. The van der Waals surface area contributed by atoms with Gasteiger partial charge in [0.05, 0.1) is 22.8 Å². The van der Waals surface area contributed by atoms with Crippen LogP contribution in [0.15, 0.2) is 47.4 Å². The topological polar surface area (TPSA) is 64.0 Å². The lowest BCUT2D eigenvalue weighted by atomic mass is 10.2. The van der Waals surface area contributed by atoms with Gasteiger partial charge in [-0.3, -0.25) is 4.72 Å². The van der Waals surface area contributed by atoms with Gasteiger partial charge in [-0.2, -0.15) is 5.10 Å². The first-order valence-corrected chi connectivity index (χ1v) is 9.28. The number of benzene rings is 2. The molecule has 0 amide bonds. The van der Waals surface area contributed by atoms with Crippen molar-refractivity contribution in [1.29, 1.82) is 0 Å². The van der Waals surface area contributed by atoms with E-state index in [1.807, 2.05) is 0 Å². The average molecular weight is 377 g/mol. The van der Waals surface area contributed by atoms with Gasteiger partial charge in [0.2, 0.25) is 0 Å². The standard InChI is InChI=1S/C18H17F2N3O2S/c1-11-10-15(20)6-9-17(11)22-26(24,25)18-12(2)21-23(13(18)3)16-7-4-14(19)5-8-16/h4-10,22H,1-3H3. The fourth-order valence-electron chi connectivity index (χ4n) is 2.79. The van der Waals surface area contributed by atoms with Crippen molar-refractivity contribution in [3.8, 4) is 5.69 Å². The lowest BCUT2D eigenvalue weighted by molar-refractivity contribution is 0.599. The lowest BCUT2D eigenvalue weighted by Crippen LogP contribution is -2.15. The summed E-state index contributed by atoms with van der Waals surface area (Å²) in [4.78, 5) is 0.0329. The SMILES string of the molecule is Cc1cc(F)ccc1NS(=O)(=O)c1c(C)nn(-c2ccc(F)cc2)c1C. The van der Waals surface area contributed by atoms with Crippen LogP contribution in [0.2, 0.25) is 0 Å². The molecule has 1 heterocycles. The van der Waals surface area contributed by atoms with Crippen LogP contribution < -0.4 is 4.72 Å². The van der Waals surface area contributed by atoms with Crippen molar-refractivity contribution in [2.75, 3.05) is 4.72 Å². The lowest BCUT2D eigenvalue weighted by Gasteiger charge is -2.11. The van der Waals surface area contributed by atoms with Gasteiger partial charge in [-0.1, -0.05) is 0 Å². The highest BCUT2D eigenvalue weighted by molar-refractivity contribution is 7.92. The Labute approximate surface area is 150 Å². The van der Waals surface area contributed by atoms with Gasteiger partial charge in [0.1, 0.15) is 16.5 Å². The zero-order valence-corrected chi connectivity index (χ0v) is 15.2. The number of rotatable bonds is 4. The Morgan fingerprint density at radius 2 is 1.58 bits per heavy atom. The predicted molar refractivity (Wildman–Crippen MR) is 94.9 cm³/mol. The van der Waals surface area contributed by atoms with Gasteiger partial charge in [-0.15, -0.1) is 0 Å². The molecular weight excluding hydrogens is 360 g/mol. The number of hydrogen-bond donors (Lipinski definition) is 1. The van der Waals surface area contributed by atoms with Crippen molar-refractivity contribution in [2.45, 2.75) is 25.7 Å². The Morgan fingerprint density at radius 1 is 0.962 bits per heavy atom. The van der Waals surface area contributed by atoms with E-state index in [4.69, 9.17) is 0 Å². The number of aromatic nitrogens is 2. The molecule has 5 nitrogen and oxygen atoms in total. The van der Waals surface area contributed by atoms with Crippen LogP contribution >= 0.6 is 0 Å². The van der Waals surface area contributed by atoms with E-state index in [1.165, 1.54) is 47.1 Å². The molecule has 1 aromatic heterocycles. The normalized spacial score (nSPS) is 11.6. The van der Waals surface area contributed by atoms with Gasteiger partial charge in [-0.25, -0.2) is 21.9 Å². The second-order valence-corrected chi connectivity index (χ2v) is 7.57. The molecule has 0 fully saturated rings. The highest BCUT2D eigenvalue weighted by Gasteiger charge is 2.25. The van der Waals surface area contributed by atoms with Crippen molar-refractivity contribution in [3.05, 3.63) is 71.1 Å². The van der Waals surface area contributed by atoms with E-state index in [0.29, 0.717) is 28.3 Å². The fraction of sp³-hybridized carbons (Fsp3) is 0.167. The Hall–Kier alpha value is -2.74. The smallest absolute Gasteiger partial charge is 0.265 e. The van der Waals surface area contributed by atoms with Crippen molar-refractivity contribution in [1.82, 2.24) is 9.78 Å². The number of anilines is 1. The third kappa shape index (κ3) is 3.32. The van der Waals surface area contributed by atoms with Crippen LogP contribution in [0.1, 0.15) is 17.0 Å². The monoisotopic (exact) mass is 377 g/mol. The summed E-state index contributed by atoms with van der Waals surface area (Å²) in [5.74, 6) is -0.835. The highest BCUT2D eigenvalue weighted by Crippen LogP contribution is 2.26. The Bertz CT molecular complexity index is 1070. The molecule has 0 unspecified atom stereocenters. The number of nitrogens with zero attached hydrogens (tertiary/aromatic N) is 2. The third-order valence-corrected chi connectivity index (χ3v) is 5.61. The maximum atomic E-state index is 13.2. The van der Waals surface area contributed by atoms with Gasteiger partial charge in [-0.05, 0) is 68.8 Å². The molecule has 3 rings (SSSR count). The molecule has 0 saturated carbocycles. The minimum Gasteiger partial charge on any atom is -0.279 e. The third-order valence-electron chi connectivity index (χ3n) is 4.00. The summed E-state index contributed by atoms with van der Waals surface area (Å²) in [7, 11) is -3.94. The second-order valence-electron chi connectivity index (χ2n) is 5.95. The van der Waals surface area contributed by atoms with E-state index in [-0.39, 0.29) is 4.90 Å². The predicted octanol–water partition coefficient (Wildman–Crippen LogP) is 3.88. The van der Waals surface area contributed by atoms with E-state index < -0.39 is 21.7 Å². The summed E-state index contributed by atoms with van der Waals surface area (Å²) in [6.45, 7) is 4.82. The second kappa shape index (κ2) is 6.53. The number of hydrogen-bond acceptors (Lipinski definition) is 3. The van der Waals surface area contributed by atoms with Gasteiger partial charge in [0.15, 0.2) is 0 Å². The van der Waals surface area contributed by atoms with Gasteiger partial charge < -0.3 is 0 Å². The van der Waals surface area contributed by atoms with Gasteiger partial charge >= 0.3 is 0 Å². The van der Waals surface area contributed by atoms with Crippen LogP contribution in [0.4, 0.5) is 14.5 Å². The number of aryl methyl sites for hydroxylation is 2. The summed E-state index contributed by atoms with van der Waals surface area (Å²) < 4.78 is 56.0. The quantitative estimate of drug-likeness (QED) is 0.751. The van der Waals surface area contributed by atoms with Gasteiger partial charge in [0.25, 0.3) is 10.0 Å². The van der Waals surface area contributed by atoms with Crippen molar-refractivity contribution >= 4 is 15.7 Å². The minimum atomic E-state index is -3.94. The summed E-state index contributed by atoms with van der Waals surface area (Å²) >= 11 is 0. The molecule has 0 aliphatic heterocycles. The van der Waals surface area contributed by atoms with Crippen LogP contribution in [0.3, 0.4) is 0 Å². The zero-order chi connectivity index (χ0) is 19.1. The molecular formula is C18H17F2N3O2S. The number of nitrogens with one attached hydrogen (secondary N) is 1. The molecule has 0 atom stereocenters. The van der Waals surface area contributed by atoms with Crippen molar-refractivity contribution in [3.63, 3.8) is 0 Å². The first-order valence-electron chi connectivity index (χ1n) is 7.80. The first-order chi connectivity index (χ1) is 12.2. The summed E-state index contributed by atoms with van der Waals surface area (Å²) in [6, 6.07) is 9.40. The Balaban J connectivity index is 2.04. The van der Waals surface area contributed by atoms with Crippen LogP contribution in [-0.2, 0) is 10.0 Å². The average Bonchev–Trinajstić information content (AvgIpc) is 2.86. The molecule has 2 aromatic carbocycles. The van der Waals surface area contributed by atoms with E-state index in [9.17, 15) is 17.2 Å². The van der Waals surface area contributed by atoms with E-state index in [0.717, 1.165) is 0 Å². The molecule has 8 heteroatoms. The number of halogens is 2. The molecule has 1 N–H and O–H groups in total. The number of sulfonamides is 1. The van der Waals surface area contributed by atoms with E-state index in [1.54, 1.807) is 20.8 Å². The molecule has 0 saturated heterocycles. The van der Waals surface area contributed by atoms with Crippen LogP contribution in [0, 0.1) is 32.4 Å². The zero-order valence-electron chi connectivity index (χ0n) is 14.4. The molecule has 3 aromatic rings.